The fraction of sp³-hybridized carbons (Fsp3) is 0.217. The van der Waals surface area contributed by atoms with E-state index in [1.165, 1.54) is 6.07 Å². The van der Waals surface area contributed by atoms with Crippen molar-refractivity contribution in [3.63, 3.8) is 0 Å². The zero-order chi connectivity index (χ0) is 20.4. The predicted octanol–water partition coefficient (Wildman–Crippen LogP) is 3.70. The minimum atomic E-state index is -0.793. The number of amides is 2. The molecule has 4 rings (SSSR count). The molecule has 3 aromatic rings. The predicted molar refractivity (Wildman–Crippen MR) is 108 cm³/mol. The van der Waals surface area contributed by atoms with Gasteiger partial charge in [-0.3, -0.25) is 20.4 Å². The second-order valence-electron chi connectivity index (χ2n) is 7.22. The molecule has 6 heteroatoms. The van der Waals surface area contributed by atoms with Crippen LogP contribution < -0.4 is 15.6 Å². The summed E-state index contributed by atoms with van der Waals surface area (Å²) in [5.41, 5.74) is 5.34. The lowest BCUT2D eigenvalue weighted by atomic mass is 10.1. The molecule has 0 saturated heterocycles. The van der Waals surface area contributed by atoms with Crippen LogP contribution in [0, 0.1) is 11.7 Å². The average Bonchev–Trinajstić information content (AvgIpc) is 3.52. The Morgan fingerprint density at radius 2 is 1.72 bits per heavy atom. The lowest BCUT2D eigenvalue weighted by molar-refractivity contribution is -0.133. The summed E-state index contributed by atoms with van der Waals surface area (Å²) in [6.45, 7) is 1.61. The molecule has 1 saturated carbocycles. The van der Waals surface area contributed by atoms with Crippen molar-refractivity contribution >= 4 is 22.6 Å². The van der Waals surface area contributed by atoms with Crippen LogP contribution in [-0.4, -0.2) is 17.9 Å². The van der Waals surface area contributed by atoms with Gasteiger partial charge >= 0.3 is 0 Å². The number of carbonyl (C=O) groups is 2. The molecule has 3 aromatic carbocycles. The van der Waals surface area contributed by atoms with Crippen molar-refractivity contribution in [2.75, 3.05) is 0 Å². The van der Waals surface area contributed by atoms with E-state index in [4.69, 9.17) is 4.74 Å². The Kier molecular flexibility index (Phi) is 5.16. The third-order valence-corrected chi connectivity index (χ3v) is 5.14. The SMILES string of the molecule is CC(Oc1ccc2ccccc2c1)C(=O)NNC(=O)C1CC1c1ccccc1F. The molecule has 2 N–H and O–H groups in total. The van der Waals surface area contributed by atoms with Crippen LogP contribution in [0.25, 0.3) is 10.8 Å². The third-order valence-electron chi connectivity index (χ3n) is 5.14. The maximum Gasteiger partial charge on any atom is 0.279 e. The van der Waals surface area contributed by atoms with Gasteiger partial charge in [-0.2, -0.15) is 0 Å². The van der Waals surface area contributed by atoms with Crippen molar-refractivity contribution in [3.05, 3.63) is 78.1 Å². The Morgan fingerprint density at radius 1 is 1.00 bits per heavy atom. The molecule has 0 aliphatic heterocycles. The van der Waals surface area contributed by atoms with Gasteiger partial charge < -0.3 is 4.74 Å². The highest BCUT2D eigenvalue weighted by molar-refractivity contribution is 5.88. The molecule has 1 fully saturated rings. The second kappa shape index (κ2) is 7.91. The number of halogens is 1. The molecular weight excluding hydrogens is 371 g/mol. The monoisotopic (exact) mass is 392 g/mol. The first-order valence-corrected chi connectivity index (χ1v) is 9.52. The summed E-state index contributed by atoms with van der Waals surface area (Å²) in [5, 5.41) is 2.09. The fourth-order valence-electron chi connectivity index (χ4n) is 3.42. The maximum atomic E-state index is 13.8. The minimum Gasteiger partial charge on any atom is -0.481 e. The number of fused-ring (bicyclic) bond motifs is 1. The number of hydrazine groups is 1. The van der Waals surface area contributed by atoms with Gasteiger partial charge in [-0.15, -0.1) is 0 Å². The summed E-state index contributed by atoms with van der Waals surface area (Å²) in [4.78, 5) is 24.5. The van der Waals surface area contributed by atoms with Crippen molar-refractivity contribution in [1.82, 2.24) is 10.9 Å². The Bertz CT molecular complexity index is 1070. The highest BCUT2D eigenvalue weighted by atomic mass is 19.1. The number of hydrogen-bond acceptors (Lipinski definition) is 3. The van der Waals surface area contributed by atoms with E-state index in [0.29, 0.717) is 17.7 Å². The van der Waals surface area contributed by atoms with E-state index in [2.05, 4.69) is 10.9 Å². The van der Waals surface area contributed by atoms with E-state index in [1.54, 1.807) is 31.2 Å². The number of benzene rings is 3. The van der Waals surface area contributed by atoms with Gasteiger partial charge in [0, 0.05) is 5.92 Å². The summed E-state index contributed by atoms with van der Waals surface area (Å²) in [5.74, 6) is -1.03. The molecule has 3 atom stereocenters. The molecule has 1 aliphatic carbocycles. The molecule has 2 amide bonds. The van der Waals surface area contributed by atoms with Crippen molar-refractivity contribution in [1.29, 1.82) is 0 Å². The number of rotatable bonds is 5. The van der Waals surface area contributed by atoms with Gasteiger partial charge in [0.15, 0.2) is 6.10 Å². The molecule has 0 bridgehead atoms. The van der Waals surface area contributed by atoms with Gasteiger partial charge in [-0.1, -0.05) is 48.5 Å². The fourth-order valence-corrected chi connectivity index (χ4v) is 3.42. The van der Waals surface area contributed by atoms with Crippen LogP contribution in [0.3, 0.4) is 0 Å². The molecule has 148 valence electrons. The van der Waals surface area contributed by atoms with Crippen molar-refractivity contribution in [3.8, 4) is 5.75 Å². The molecular formula is C23H21FN2O3. The van der Waals surface area contributed by atoms with E-state index in [-0.39, 0.29) is 23.6 Å². The normalized spacial score (nSPS) is 18.7. The van der Waals surface area contributed by atoms with Crippen LogP contribution in [0.5, 0.6) is 5.75 Å². The molecule has 0 spiro atoms. The van der Waals surface area contributed by atoms with E-state index < -0.39 is 12.0 Å². The van der Waals surface area contributed by atoms with Crippen LogP contribution in [0.2, 0.25) is 0 Å². The van der Waals surface area contributed by atoms with E-state index in [1.807, 2.05) is 36.4 Å². The molecule has 0 aromatic heterocycles. The summed E-state index contributed by atoms with van der Waals surface area (Å²) < 4.78 is 19.5. The minimum absolute atomic E-state index is 0.153. The van der Waals surface area contributed by atoms with Crippen LogP contribution >= 0.6 is 0 Å². The lowest BCUT2D eigenvalue weighted by Gasteiger charge is -2.15. The van der Waals surface area contributed by atoms with Crippen LogP contribution in [0.1, 0.15) is 24.8 Å². The molecule has 29 heavy (non-hydrogen) atoms. The Hall–Kier alpha value is -3.41. The van der Waals surface area contributed by atoms with Gasteiger partial charge in [0.05, 0.1) is 0 Å². The maximum absolute atomic E-state index is 13.8. The number of nitrogens with one attached hydrogen (secondary N) is 2. The van der Waals surface area contributed by atoms with Crippen LogP contribution in [-0.2, 0) is 9.59 Å². The standard InChI is InChI=1S/C23H21FN2O3/c1-14(29-17-11-10-15-6-2-3-7-16(15)12-17)22(27)25-26-23(28)20-13-19(20)18-8-4-5-9-21(18)24/h2-12,14,19-20H,13H2,1H3,(H,25,27)(H,26,28). The van der Waals surface area contributed by atoms with Crippen LogP contribution in [0.4, 0.5) is 4.39 Å². The molecule has 3 unspecified atom stereocenters. The summed E-state index contributed by atoms with van der Waals surface area (Å²) in [7, 11) is 0. The zero-order valence-corrected chi connectivity index (χ0v) is 15.9. The quantitative estimate of drug-likeness (QED) is 0.651. The van der Waals surface area contributed by atoms with Gasteiger partial charge in [-0.05, 0) is 53.8 Å². The number of ether oxygens (including phenoxy) is 1. The molecule has 0 radical (unpaired) electrons. The Labute approximate surface area is 167 Å². The highest BCUT2D eigenvalue weighted by Gasteiger charge is 2.45. The largest absolute Gasteiger partial charge is 0.481 e. The highest BCUT2D eigenvalue weighted by Crippen LogP contribution is 2.48. The second-order valence-corrected chi connectivity index (χ2v) is 7.22. The topological polar surface area (TPSA) is 67.4 Å². The van der Waals surface area contributed by atoms with Gasteiger partial charge in [0.2, 0.25) is 5.91 Å². The molecule has 0 heterocycles. The summed E-state index contributed by atoms with van der Waals surface area (Å²) >= 11 is 0. The summed E-state index contributed by atoms with van der Waals surface area (Å²) in [6.07, 6.45) is -0.232. The average molecular weight is 392 g/mol. The van der Waals surface area contributed by atoms with Gasteiger partial charge in [-0.25, -0.2) is 4.39 Å². The zero-order valence-electron chi connectivity index (χ0n) is 15.9. The van der Waals surface area contributed by atoms with Crippen molar-refractivity contribution in [2.45, 2.75) is 25.4 Å². The Morgan fingerprint density at radius 3 is 2.52 bits per heavy atom. The first kappa shape index (κ1) is 18.9. The van der Waals surface area contributed by atoms with Crippen LogP contribution in [0.15, 0.2) is 66.7 Å². The molecule has 5 nitrogen and oxygen atoms in total. The van der Waals surface area contributed by atoms with E-state index in [9.17, 15) is 14.0 Å². The van der Waals surface area contributed by atoms with E-state index >= 15 is 0 Å². The number of carbonyl (C=O) groups excluding carboxylic acids is 2. The molecule has 1 aliphatic rings. The van der Waals surface area contributed by atoms with Crippen molar-refractivity contribution < 1.29 is 18.7 Å². The van der Waals surface area contributed by atoms with E-state index in [0.717, 1.165) is 10.8 Å². The van der Waals surface area contributed by atoms with Gasteiger partial charge in [0.1, 0.15) is 11.6 Å². The summed E-state index contributed by atoms with van der Waals surface area (Å²) in [6, 6.07) is 19.9. The first-order valence-electron chi connectivity index (χ1n) is 9.52. The smallest absolute Gasteiger partial charge is 0.279 e. The number of hydrogen-bond donors (Lipinski definition) is 2. The first-order chi connectivity index (χ1) is 14.0. The Balaban J connectivity index is 1.29. The third kappa shape index (κ3) is 4.21. The van der Waals surface area contributed by atoms with Crippen molar-refractivity contribution in [2.24, 2.45) is 5.92 Å². The van der Waals surface area contributed by atoms with Gasteiger partial charge in [0.25, 0.3) is 5.91 Å². The lowest BCUT2D eigenvalue weighted by Crippen LogP contribution is -2.47.